The Morgan fingerprint density at radius 3 is 2.84 bits per heavy atom. The van der Waals surface area contributed by atoms with E-state index in [1.54, 1.807) is 29.5 Å². The van der Waals surface area contributed by atoms with E-state index >= 15 is 0 Å². The van der Waals surface area contributed by atoms with Gasteiger partial charge in [0.2, 0.25) is 5.91 Å². The maximum absolute atomic E-state index is 13.3. The summed E-state index contributed by atoms with van der Waals surface area (Å²) in [5.74, 6) is -0.662. The highest BCUT2D eigenvalue weighted by atomic mass is 32.1. The van der Waals surface area contributed by atoms with Gasteiger partial charge in [-0.25, -0.2) is 4.39 Å². The molecule has 0 aliphatic rings. The van der Waals surface area contributed by atoms with E-state index in [2.05, 4.69) is 22.1 Å². The molecule has 5 heteroatoms. The van der Waals surface area contributed by atoms with Gasteiger partial charge in [0.15, 0.2) is 0 Å². The summed E-state index contributed by atoms with van der Waals surface area (Å²) in [7, 11) is 0. The summed E-state index contributed by atoms with van der Waals surface area (Å²) < 4.78 is 13.3. The van der Waals surface area contributed by atoms with Gasteiger partial charge >= 0.3 is 0 Å². The van der Waals surface area contributed by atoms with Gasteiger partial charge in [0.05, 0.1) is 12.2 Å². The van der Waals surface area contributed by atoms with Crippen LogP contribution in [0.25, 0.3) is 0 Å². The molecule has 2 aromatic rings. The minimum absolute atomic E-state index is 0.179. The first-order valence-electron chi connectivity index (χ1n) is 6.02. The molecule has 0 bridgehead atoms. The average molecular weight is 278 g/mol. The van der Waals surface area contributed by atoms with Crippen molar-refractivity contribution in [3.8, 4) is 0 Å². The fourth-order valence-electron chi connectivity index (χ4n) is 1.63. The fraction of sp³-hybridized carbons (Fsp3) is 0.214. The van der Waals surface area contributed by atoms with Crippen LogP contribution < -0.4 is 10.6 Å². The van der Waals surface area contributed by atoms with Crippen LogP contribution in [0.15, 0.2) is 41.1 Å². The lowest BCUT2D eigenvalue weighted by molar-refractivity contribution is -0.115. The van der Waals surface area contributed by atoms with E-state index in [1.807, 2.05) is 5.38 Å². The summed E-state index contributed by atoms with van der Waals surface area (Å²) in [4.78, 5) is 11.6. The molecule has 0 aliphatic carbocycles. The molecule has 1 aromatic carbocycles. The molecular formula is C14H15FN2OS. The third-order valence-corrected chi connectivity index (χ3v) is 3.34. The molecule has 1 heterocycles. The van der Waals surface area contributed by atoms with Crippen molar-refractivity contribution in [1.82, 2.24) is 5.32 Å². The zero-order chi connectivity index (χ0) is 13.5. The quantitative estimate of drug-likeness (QED) is 0.798. The summed E-state index contributed by atoms with van der Waals surface area (Å²) >= 11 is 1.66. The van der Waals surface area contributed by atoms with Crippen molar-refractivity contribution >= 4 is 22.9 Å². The van der Waals surface area contributed by atoms with Crippen LogP contribution in [-0.2, 0) is 11.2 Å². The van der Waals surface area contributed by atoms with Crippen molar-refractivity contribution in [2.75, 3.05) is 18.4 Å². The summed E-state index contributed by atoms with van der Waals surface area (Å²) in [5, 5.41) is 9.68. The molecule has 19 heavy (non-hydrogen) atoms. The van der Waals surface area contributed by atoms with E-state index in [4.69, 9.17) is 0 Å². The minimum atomic E-state index is -0.422. The zero-order valence-corrected chi connectivity index (χ0v) is 11.2. The normalized spacial score (nSPS) is 10.4. The molecule has 0 fully saturated rings. The second kappa shape index (κ2) is 7.01. The summed E-state index contributed by atoms with van der Waals surface area (Å²) in [6.07, 6.45) is 0.885. The van der Waals surface area contributed by atoms with Gasteiger partial charge < -0.3 is 10.6 Å². The van der Waals surface area contributed by atoms with Gasteiger partial charge in [0.1, 0.15) is 5.82 Å². The summed E-state index contributed by atoms with van der Waals surface area (Å²) in [5.41, 5.74) is 1.47. The molecule has 0 atom stereocenters. The first kappa shape index (κ1) is 13.7. The van der Waals surface area contributed by atoms with Gasteiger partial charge in [0.25, 0.3) is 0 Å². The number of amides is 1. The van der Waals surface area contributed by atoms with Crippen LogP contribution in [-0.4, -0.2) is 19.0 Å². The lowest BCUT2D eigenvalue weighted by atomic mass is 10.2. The van der Waals surface area contributed by atoms with Crippen LogP contribution in [0, 0.1) is 5.82 Å². The molecule has 0 saturated carbocycles. The first-order chi connectivity index (χ1) is 9.25. The van der Waals surface area contributed by atoms with Crippen molar-refractivity contribution in [1.29, 1.82) is 0 Å². The van der Waals surface area contributed by atoms with Crippen LogP contribution in [0.3, 0.4) is 0 Å². The van der Waals surface area contributed by atoms with E-state index in [9.17, 15) is 9.18 Å². The third kappa shape index (κ3) is 4.46. The number of carbonyl (C=O) groups is 1. The number of rotatable bonds is 6. The summed E-state index contributed by atoms with van der Waals surface area (Å²) in [6, 6.07) is 8.19. The maximum Gasteiger partial charge on any atom is 0.238 e. The Labute approximate surface area is 115 Å². The molecular weight excluding hydrogens is 263 g/mol. The van der Waals surface area contributed by atoms with E-state index < -0.39 is 5.82 Å². The Morgan fingerprint density at radius 1 is 1.26 bits per heavy atom. The van der Waals surface area contributed by atoms with Crippen LogP contribution in [0.5, 0.6) is 0 Å². The van der Waals surface area contributed by atoms with Crippen LogP contribution in [0.2, 0.25) is 0 Å². The van der Waals surface area contributed by atoms with E-state index in [0.717, 1.165) is 13.0 Å². The molecule has 2 N–H and O–H groups in total. The van der Waals surface area contributed by atoms with Crippen molar-refractivity contribution in [3.05, 3.63) is 52.5 Å². The molecule has 1 amide bonds. The van der Waals surface area contributed by atoms with Gasteiger partial charge in [-0.1, -0.05) is 12.1 Å². The molecule has 3 nitrogen and oxygen atoms in total. The predicted molar refractivity (Wildman–Crippen MR) is 75.9 cm³/mol. The molecule has 0 radical (unpaired) electrons. The summed E-state index contributed by atoms with van der Waals surface area (Å²) in [6.45, 7) is 0.903. The Morgan fingerprint density at radius 2 is 2.11 bits per heavy atom. The second-order valence-electron chi connectivity index (χ2n) is 4.09. The second-order valence-corrected chi connectivity index (χ2v) is 4.87. The van der Waals surface area contributed by atoms with Crippen LogP contribution in [0.4, 0.5) is 10.1 Å². The largest absolute Gasteiger partial charge is 0.322 e. The number of benzene rings is 1. The highest BCUT2D eigenvalue weighted by Gasteiger charge is 2.05. The number of carbonyl (C=O) groups excluding carboxylic acids is 1. The van der Waals surface area contributed by atoms with Gasteiger partial charge in [0, 0.05) is 0 Å². The monoisotopic (exact) mass is 278 g/mol. The predicted octanol–water partition coefficient (Wildman–Crippen LogP) is 2.66. The minimum Gasteiger partial charge on any atom is -0.322 e. The number of nitrogens with one attached hydrogen (secondary N) is 2. The molecule has 0 unspecified atom stereocenters. The molecule has 0 aliphatic heterocycles. The molecule has 100 valence electrons. The van der Waals surface area contributed by atoms with Crippen molar-refractivity contribution in [2.45, 2.75) is 6.42 Å². The van der Waals surface area contributed by atoms with Gasteiger partial charge in [-0.05, 0) is 47.5 Å². The molecule has 1 aromatic heterocycles. The fourth-order valence-corrected chi connectivity index (χ4v) is 2.33. The van der Waals surface area contributed by atoms with Crippen molar-refractivity contribution < 1.29 is 9.18 Å². The molecule has 2 rings (SSSR count). The standard InChI is InChI=1S/C14H15FN2OS/c15-12-3-1-2-4-13(12)17-14(18)9-16-7-5-11-6-8-19-10-11/h1-4,6,8,10,16H,5,7,9H2,(H,17,18). The van der Waals surface area contributed by atoms with Crippen molar-refractivity contribution in [3.63, 3.8) is 0 Å². The lowest BCUT2D eigenvalue weighted by Gasteiger charge is -2.07. The topological polar surface area (TPSA) is 41.1 Å². The van der Waals surface area contributed by atoms with Crippen LogP contribution in [0.1, 0.15) is 5.56 Å². The van der Waals surface area contributed by atoms with Crippen LogP contribution >= 0.6 is 11.3 Å². The number of thiophene rings is 1. The maximum atomic E-state index is 13.3. The number of halogens is 1. The van der Waals surface area contributed by atoms with Crippen molar-refractivity contribution in [2.24, 2.45) is 0 Å². The smallest absolute Gasteiger partial charge is 0.238 e. The third-order valence-electron chi connectivity index (χ3n) is 2.60. The Kier molecular flexibility index (Phi) is 5.06. The first-order valence-corrected chi connectivity index (χ1v) is 6.96. The number of hydrogen-bond donors (Lipinski definition) is 2. The van der Waals surface area contributed by atoms with E-state index in [0.29, 0.717) is 0 Å². The van der Waals surface area contributed by atoms with Gasteiger partial charge in [-0.3, -0.25) is 4.79 Å². The highest BCUT2D eigenvalue weighted by molar-refractivity contribution is 7.07. The highest BCUT2D eigenvalue weighted by Crippen LogP contribution is 2.11. The Balaban J connectivity index is 1.69. The average Bonchev–Trinajstić information content (AvgIpc) is 2.91. The zero-order valence-electron chi connectivity index (χ0n) is 10.4. The molecule has 0 spiro atoms. The Bertz CT molecular complexity index is 528. The van der Waals surface area contributed by atoms with Gasteiger partial charge in [-0.15, -0.1) is 0 Å². The van der Waals surface area contributed by atoms with Gasteiger partial charge in [-0.2, -0.15) is 11.3 Å². The van der Waals surface area contributed by atoms with E-state index in [-0.39, 0.29) is 18.1 Å². The number of para-hydroxylation sites is 1. The Hall–Kier alpha value is -1.72. The number of hydrogen-bond acceptors (Lipinski definition) is 3. The molecule has 0 saturated heterocycles. The lowest BCUT2D eigenvalue weighted by Crippen LogP contribution is -2.29. The van der Waals surface area contributed by atoms with E-state index in [1.165, 1.54) is 11.6 Å². The number of anilines is 1. The SMILES string of the molecule is O=C(CNCCc1ccsc1)Nc1ccccc1F.